The monoisotopic (exact) mass is 252 g/mol. The maximum absolute atomic E-state index is 11.9. The summed E-state index contributed by atoms with van der Waals surface area (Å²) in [6, 6.07) is 1.78. The van der Waals surface area contributed by atoms with Gasteiger partial charge in [-0.05, 0) is 13.0 Å². The summed E-state index contributed by atoms with van der Waals surface area (Å²) in [5.41, 5.74) is 5.65. The molecule has 0 aliphatic carbocycles. The molecule has 2 unspecified atom stereocenters. The van der Waals surface area contributed by atoms with Crippen molar-refractivity contribution in [3.05, 3.63) is 18.5 Å². The molecule has 100 valence electrons. The molecule has 0 bridgehead atoms. The van der Waals surface area contributed by atoms with E-state index in [0.29, 0.717) is 32.7 Å². The van der Waals surface area contributed by atoms with Crippen molar-refractivity contribution in [3.8, 4) is 0 Å². The van der Waals surface area contributed by atoms with Gasteiger partial charge in [0.1, 0.15) is 0 Å². The summed E-state index contributed by atoms with van der Waals surface area (Å²) in [6.45, 7) is 4.37. The zero-order valence-corrected chi connectivity index (χ0v) is 10.7. The fourth-order valence-corrected chi connectivity index (χ4v) is 2.08. The lowest BCUT2D eigenvalue weighted by atomic mass is 10.2. The Bertz CT molecular complexity index is 377. The number of ether oxygens (including phenoxy) is 1. The van der Waals surface area contributed by atoms with Crippen molar-refractivity contribution in [1.29, 1.82) is 0 Å². The molecule has 6 nitrogen and oxygen atoms in total. The molecule has 2 N–H and O–H groups in total. The summed E-state index contributed by atoms with van der Waals surface area (Å²) < 4.78 is 7.47. The first-order chi connectivity index (χ1) is 8.65. The predicted molar refractivity (Wildman–Crippen MR) is 66.8 cm³/mol. The van der Waals surface area contributed by atoms with Gasteiger partial charge in [0, 0.05) is 37.9 Å². The lowest BCUT2D eigenvalue weighted by Crippen LogP contribution is -2.48. The van der Waals surface area contributed by atoms with Gasteiger partial charge >= 0.3 is 0 Å². The molecule has 0 radical (unpaired) electrons. The Kier molecular flexibility index (Phi) is 4.33. The van der Waals surface area contributed by atoms with E-state index in [0.717, 1.165) is 0 Å². The van der Waals surface area contributed by atoms with Crippen LogP contribution in [0.15, 0.2) is 18.5 Å². The maximum Gasteiger partial charge on any atom is 0.224 e. The lowest BCUT2D eigenvalue weighted by molar-refractivity contribution is -0.139. The Labute approximate surface area is 107 Å². The Hall–Kier alpha value is -1.40. The highest BCUT2D eigenvalue weighted by Gasteiger charge is 2.24. The minimum Gasteiger partial charge on any atom is -0.373 e. The van der Waals surface area contributed by atoms with Gasteiger partial charge < -0.3 is 15.4 Å². The molecule has 18 heavy (non-hydrogen) atoms. The van der Waals surface area contributed by atoms with Gasteiger partial charge in [-0.3, -0.25) is 9.48 Å². The highest BCUT2D eigenvalue weighted by atomic mass is 16.5. The number of carbonyl (C=O) groups excluding carboxylic acids is 1. The van der Waals surface area contributed by atoms with E-state index in [-0.39, 0.29) is 18.1 Å². The van der Waals surface area contributed by atoms with Gasteiger partial charge in [0.05, 0.1) is 19.3 Å². The maximum atomic E-state index is 11.9. The lowest BCUT2D eigenvalue weighted by Gasteiger charge is -2.33. The standard InChI is InChI=1S/C12H20N4O2/c1-10(13)7-12(17)15-5-6-18-11(8-15)9-16-4-2-3-14-16/h2-4,10-11H,5-9,13H2,1H3. The zero-order chi connectivity index (χ0) is 13.0. The van der Waals surface area contributed by atoms with E-state index in [1.165, 1.54) is 0 Å². The van der Waals surface area contributed by atoms with E-state index in [2.05, 4.69) is 5.10 Å². The minimum absolute atomic E-state index is 0.00989. The molecule has 6 heteroatoms. The molecule has 0 spiro atoms. The number of hydrogen-bond acceptors (Lipinski definition) is 4. The van der Waals surface area contributed by atoms with Crippen LogP contribution >= 0.6 is 0 Å². The van der Waals surface area contributed by atoms with Crippen molar-refractivity contribution >= 4 is 5.91 Å². The molecular formula is C12H20N4O2. The number of amides is 1. The van der Waals surface area contributed by atoms with E-state index in [1.54, 1.807) is 6.20 Å². The average molecular weight is 252 g/mol. The molecule has 0 aromatic carbocycles. The topological polar surface area (TPSA) is 73.4 Å². The normalized spacial score (nSPS) is 21.9. The number of morpholine rings is 1. The van der Waals surface area contributed by atoms with Crippen molar-refractivity contribution in [3.63, 3.8) is 0 Å². The highest BCUT2D eigenvalue weighted by Crippen LogP contribution is 2.09. The summed E-state index contributed by atoms with van der Waals surface area (Å²) in [4.78, 5) is 13.8. The Morgan fingerprint density at radius 1 is 1.67 bits per heavy atom. The Balaban J connectivity index is 1.86. The third-order valence-corrected chi connectivity index (χ3v) is 2.94. The number of nitrogens with zero attached hydrogens (tertiary/aromatic N) is 3. The number of rotatable bonds is 4. The van der Waals surface area contributed by atoms with E-state index in [9.17, 15) is 4.79 Å². The quantitative estimate of drug-likeness (QED) is 0.808. The van der Waals surface area contributed by atoms with Crippen LogP contribution in [0.3, 0.4) is 0 Å². The van der Waals surface area contributed by atoms with E-state index >= 15 is 0 Å². The molecule has 1 amide bonds. The molecule has 0 saturated carbocycles. The van der Waals surface area contributed by atoms with E-state index in [1.807, 2.05) is 28.8 Å². The summed E-state index contributed by atoms with van der Waals surface area (Å²) in [7, 11) is 0. The van der Waals surface area contributed by atoms with Crippen molar-refractivity contribution in [2.45, 2.75) is 32.0 Å². The average Bonchev–Trinajstić information content (AvgIpc) is 2.81. The number of carbonyl (C=O) groups is 1. The number of aromatic nitrogens is 2. The van der Waals surface area contributed by atoms with Crippen LogP contribution in [-0.4, -0.2) is 52.4 Å². The van der Waals surface area contributed by atoms with Crippen LogP contribution in [0.4, 0.5) is 0 Å². The van der Waals surface area contributed by atoms with Crippen LogP contribution in [0, 0.1) is 0 Å². The van der Waals surface area contributed by atoms with Crippen LogP contribution in [0.25, 0.3) is 0 Å². The second-order valence-electron chi connectivity index (χ2n) is 4.74. The van der Waals surface area contributed by atoms with Crippen LogP contribution in [0.5, 0.6) is 0 Å². The highest BCUT2D eigenvalue weighted by molar-refractivity contribution is 5.76. The van der Waals surface area contributed by atoms with Crippen LogP contribution in [0.2, 0.25) is 0 Å². The first kappa shape index (κ1) is 13.0. The zero-order valence-electron chi connectivity index (χ0n) is 10.7. The molecule has 1 aliphatic rings. The van der Waals surface area contributed by atoms with Crippen molar-refractivity contribution in [1.82, 2.24) is 14.7 Å². The predicted octanol–water partition coefficient (Wildman–Crippen LogP) is -0.152. The van der Waals surface area contributed by atoms with E-state index < -0.39 is 0 Å². The van der Waals surface area contributed by atoms with Gasteiger partial charge in [-0.1, -0.05) is 0 Å². The summed E-state index contributed by atoms with van der Waals surface area (Å²) in [5.74, 6) is 0.110. The third kappa shape index (κ3) is 3.54. The van der Waals surface area contributed by atoms with Crippen molar-refractivity contribution < 1.29 is 9.53 Å². The largest absolute Gasteiger partial charge is 0.373 e. The summed E-state index contributed by atoms with van der Waals surface area (Å²) in [6.07, 6.45) is 4.04. The molecule has 1 fully saturated rings. The van der Waals surface area contributed by atoms with Crippen molar-refractivity contribution in [2.24, 2.45) is 5.73 Å². The molecule has 2 rings (SSSR count). The van der Waals surface area contributed by atoms with Crippen LogP contribution < -0.4 is 5.73 Å². The smallest absolute Gasteiger partial charge is 0.224 e. The fourth-order valence-electron chi connectivity index (χ4n) is 2.08. The molecule has 2 atom stereocenters. The summed E-state index contributed by atoms with van der Waals surface area (Å²) >= 11 is 0. The molecular weight excluding hydrogens is 232 g/mol. The Morgan fingerprint density at radius 2 is 2.50 bits per heavy atom. The van der Waals surface area contributed by atoms with Gasteiger partial charge in [-0.15, -0.1) is 0 Å². The van der Waals surface area contributed by atoms with Gasteiger partial charge in [0.25, 0.3) is 0 Å². The third-order valence-electron chi connectivity index (χ3n) is 2.94. The van der Waals surface area contributed by atoms with Gasteiger partial charge in [0.15, 0.2) is 0 Å². The molecule has 1 aliphatic heterocycles. The van der Waals surface area contributed by atoms with Gasteiger partial charge in [-0.25, -0.2) is 0 Å². The Morgan fingerprint density at radius 3 is 3.17 bits per heavy atom. The summed E-state index contributed by atoms with van der Waals surface area (Å²) in [5, 5.41) is 4.14. The second-order valence-corrected chi connectivity index (χ2v) is 4.74. The van der Waals surface area contributed by atoms with Crippen LogP contribution in [-0.2, 0) is 16.1 Å². The van der Waals surface area contributed by atoms with Gasteiger partial charge in [-0.2, -0.15) is 5.10 Å². The molecule has 1 aromatic heterocycles. The van der Waals surface area contributed by atoms with E-state index in [4.69, 9.17) is 10.5 Å². The first-order valence-electron chi connectivity index (χ1n) is 6.27. The van der Waals surface area contributed by atoms with Gasteiger partial charge in [0.2, 0.25) is 5.91 Å². The van der Waals surface area contributed by atoms with Crippen LogP contribution in [0.1, 0.15) is 13.3 Å². The number of hydrogen-bond donors (Lipinski definition) is 1. The number of nitrogens with two attached hydrogens (primary N) is 1. The fraction of sp³-hybridized carbons (Fsp3) is 0.667. The molecule has 1 aromatic rings. The first-order valence-corrected chi connectivity index (χ1v) is 6.27. The SMILES string of the molecule is CC(N)CC(=O)N1CCOC(Cn2cccn2)C1. The molecule has 1 saturated heterocycles. The second kappa shape index (κ2) is 5.97. The minimum atomic E-state index is -0.0927. The molecule has 2 heterocycles. The van der Waals surface area contributed by atoms with Crippen molar-refractivity contribution in [2.75, 3.05) is 19.7 Å².